The zero-order valence-corrected chi connectivity index (χ0v) is 9.02. The van der Waals surface area contributed by atoms with Crippen molar-refractivity contribution in [3.63, 3.8) is 0 Å². The molecule has 1 aromatic rings. The van der Waals surface area contributed by atoms with Crippen LogP contribution in [0.1, 0.15) is 5.56 Å². The number of hydrogen-bond donors (Lipinski definition) is 1. The lowest BCUT2D eigenvalue weighted by molar-refractivity contribution is 1.01. The normalized spacial score (nSPS) is 9.80. The Bertz CT molecular complexity index is 197. The van der Waals surface area contributed by atoms with Gasteiger partial charge >= 0.3 is 0 Å². The van der Waals surface area contributed by atoms with Gasteiger partial charge in [-0.15, -0.1) is 0 Å². The summed E-state index contributed by atoms with van der Waals surface area (Å²) in [6, 6.07) is 8.28. The average molecular weight is 312 g/mol. The summed E-state index contributed by atoms with van der Waals surface area (Å²) < 4.78 is 4.19. The van der Waals surface area contributed by atoms with Gasteiger partial charge < -0.3 is 0 Å². The third-order valence-corrected chi connectivity index (χ3v) is 2.09. The summed E-state index contributed by atoms with van der Waals surface area (Å²) in [6.45, 7) is 0.924. The smallest absolute Gasteiger partial charge is 0.0301 e. The minimum atomic E-state index is 0.924. The van der Waals surface area contributed by atoms with E-state index in [1.165, 1.54) is 5.56 Å². The molecule has 0 amide bonds. The molecule has 0 saturated carbocycles. The Morgan fingerprint density at radius 1 is 1.30 bits per heavy atom. The Hall–Kier alpha value is 0.390. The van der Waals surface area contributed by atoms with Crippen LogP contribution in [0.3, 0.4) is 0 Å². The molecular formula is C7H7BrIN. The van der Waals surface area contributed by atoms with E-state index in [0.29, 0.717) is 0 Å². The van der Waals surface area contributed by atoms with Gasteiger partial charge in [0.15, 0.2) is 0 Å². The van der Waals surface area contributed by atoms with Crippen molar-refractivity contribution in [1.29, 1.82) is 0 Å². The maximum atomic E-state index is 3.37. The van der Waals surface area contributed by atoms with Crippen LogP contribution in [-0.4, -0.2) is 0 Å². The third-order valence-electron chi connectivity index (χ3n) is 1.18. The lowest BCUT2D eigenvalue weighted by Gasteiger charge is -1.96. The highest BCUT2D eigenvalue weighted by atomic mass is 127. The minimum Gasteiger partial charge on any atom is -0.257 e. The first-order valence-corrected chi connectivity index (χ1v) is 4.78. The molecule has 54 valence electrons. The molecule has 0 spiro atoms. The van der Waals surface area contributed by atoms with E-state index < -0.39 is 0 Å². The Kier molecular flexibility index (Phi) is 3.65. The van der Waals surface area contributed by atoms with Gasteiger partial charge in [0.1, 0.15) is 0 Å². The Morgan fingerprint density at radius 3 is 2.40 bits per heavy atom. The molecule has 0 aliphatic rings. The first-order valence-electron chi connectivity index (χ1n) is 2.91. The standard InChI is InChI=1S/C7H7BrIN/c8-7-3-1-6(2-4-7)5-10-9/h1-4,10H,5H2. The quantitative estimate of drug-likeness (QED) is 0.654. The molecule has 1 rings (SSSR count). The molecule has 0 radical (unpaired) electrons. The van der Waals surface area contributed by atoms with E-state index in [0.717, 1.165) is 11.0 Å². The van der Waals surface area contributed by atoms with Gasteiger partial charge in [-0.25, -0.2) is 0 Å². The summed E-state index contributed by atoms with van der Waals surface area (Å²) in [5.74, 6) is 0. The molecule has 1 N–H and O–H groups in total. The highest BCUT2D eigenvalue weighted by Gasteiger charge is 1.88. The summed E-state index contributed by atoms with van der Waals surface area (Å²) in [5, 5.41) is 0. The molecule has 0 aromatic heterocycles. The summed E-state index contributed by atoms with van der Waals surface area (Å²) in [7, 11) is 0. The number of hydrogen-bond acceptors (Lipinski definition) is 1. The lowest BCUT2D eigenvalue weighted by atomic mass is 10.2. The van der Waals surface area contributed by atoms with E-state index in [4.69, 9.17) is 0 Å². The minimum absolute atomic E-state index is 0.924. The van der Waals surface area contributed by atoms with Gasteiger partial charge in [0.05, 0.1) is 0 Å². The molecule has 0 unspecified atom stereocenters. The van der Waals surface area contributed by atoms with E-state index >= 15 is 0 Å². The van der Waals surface area contributed by atoms with Gasteiger partial charge in [0, 0.05) is 33.9 Å². The first kappa shape index (κ1) is 8.49. The van der Waals surface area contributed by atoms with Gasteiger partial charge in [-0.1, -0.05) is 28.1 Å². The molecule has 0 atom stereocenters. The molecule has 0 heterocycles. The molecule has 0 saturated heterocycles. The summed E-state index contributed by atoms with van der Waals surface area (Å²) in [4.78, 5) is 0. The fourth-order valence-electron chi connectivity index (χ4n) is 0.679. The van der Waals surface area contributed by atoms with Gasteiger partial charge in [-0.05, 0) is 17.7 Å². The lowest BCUT2D eigenvalue weighted by Crippen LogP contribution is -1.95. The summed E-state index contributed by atoms with van der Waals surface area (Å²) >= 11 is 5.51. The van der Waals surface area contributed by atoms with E-state index in [9.17, 15) is 0 Å². The average Bonchev–Trinajstić information content (AvgIpc) is 1.95. The van der Waals surface area contributed by atoms with Gasteiger partial charge in [0.25, 0.3) is 0 Å². The molecule has 0 bridgehead atoms. The van der Waals surface area contributed by atoms with E-state index in [1.54, 1.807) is 0 Å². The van der Waals surface area contributed by atoms with Crippen molar-refractivity contribution >= 4 is 38.8 Å². The maximum Gasteiger partial charge on any atom is 0.0301 e. The van der Waals surface area contributed by atoms with Crippen LogP contribution in [0.15, 0.2) is 28.7 Å². The summed E-state index contributed by atoms with van der Waals surface area (Å²) in [5.41, 5.74) is 1.30. The molecule has 0 aliphatic heterocycles. The fourth-order valence-corrected chi connectivity index (χ4v) is 1.38. The maximum absolute atomic E-state index is 3.37. The van der Waals surface area contributed by atoms with Gasteiger partial charge in [-0.2, -0.15) is 0 Å². The van der Waals surface area contributed by atoms with Crippen molar-refractivity contribution in [3.8, 4) is 0 Å². The van der Waals surface area contributed by atoms with Crippen molar-refractivity contribution < 1.29 is 0 Å². The largest absolute Gasteiger partial charge is 0.257 e. The molecule has 0 fully saturated rings. The Morgan fingerprint density at radius 2 is 1.90 bits per heavy atom. The second-order valence-corrected chi connectivity index (χ2v) is 3.62. The molecule has 1 nitrogen and oxygen atoms in total. The molecule has 0 aliphatic carbocycles. The zero-order chi connectivity index (χ0) is 7.40. The Balaban J connectivity index is 2.69. The number of benzene rings is 1. The van der Waals surface area contributed by atoms with Crippen LogP contribution in [-0.2, 0) is 6.54 Å². The van der Waals surface area contributed by atoms with Crippen LogP contribution < -0.4 is 3.53 Å². The Labute approximate surface area is 82.8 Å². The van der Waals surface area contributed by atoms with Crippen molar-refractivity contribution in [2.24, 2.45) is 0 Å². The van der Waals surface area contributed by atoms with E-state index in [1.807, 2.05) is 12.1 Å². The summed E-state index contributed by atoms with van der Waals surface area (Å²) in [6.07, 6.45) is 0. The topological polar surface area (TPSA) is 12.0 Å². The fraction of sp³-hybridized carbons (Fsp3) is 0.143. The predicted molar refractivity (Wildman–Crippen MR) is 55.0 cm³/mol. The monoisotopic (exact) mass is 311 g/mol. The number of halogens is 2. The number of rotatable bonds is 2. The second kappa shape index (κ2) is 4.31. The van der Waals surface area contributed by atoms with Crippen molar-refractivity contribution in [3.05, 3.63) is 34.3 Å². The molecular weight excluding hydrogens is 305 g/mol. The van der Waals surface area contributed by atoms with Crippen LogP contribution in [0, 0.1) is 0 Å². The highest BCUT2D eigenvalue weighted by molar-refractivity contribution is 14.1. The van der Waals surface area contributed by atoms with Crippen LogP contribution >= 0.6 is 38.8 Å². The van der Waals surface area contributed by atoms with Crippen LogP contribution in [0.4, 0.5) is 0 Å². The number of nitrogens with one attached hydrogen (secondary N) is 1. The van der Waals surface area contributed by atoms with E-state index in [2.05, 4.69) is 54.5 Å². The van der Waals surface area contributed by atoms with Crippen LogP contribution in [0.25, 0.3) is 0 Å². The first-order chi connectivity index (χ1) is 4.83. The van der Waals surface area contributed by atoms with Crippen LogP contribution in [0.5, 0.6) is 0 Å². The van der Waals surface area contributed by atoms with Gasteiger partial charge in [-0.3, -0.25) is 3.53 Å². The van der Waals surface area contributed by atoms with Gasteiger partial charge in [0.2, 0.25) is 0 Å². The van der Waals surface area contributed by atoms with Crippen molar-refractivity contribution in [2.45, 2.75) is 6.54 Å². The SMILES string of the molecule is Brc1ccc(CNI)cc1. The highest BCUT2D eigenvalue weighted by Crippen LogP contribution is 2.10. The molecule has 10 heavy (non-hydrogen) atoms. The zero-order valence-electron chi connectivity index (χ0n) is 5.27. The van der Waals surface area contributed by atoms with E-state index in [-0.39, 0.29) is 0 Å². The van der Waals surface area contributed by atoms with Crippen molar-refractivity contribution in [1.82, 2.24) is 3.53 Å². The van der Waals surface area contributed by atoms with Crippen molar-refractivity contribution in [2.75, 3.05) is 0 Å². The third kappa shape index (κ3) is 2.56. The second-order valence-electron chi connectivity index (χ2n) is 1.94. The van der Waals surface area contributed by atoms with Crippen LogP contribution in [0.2, 0.25) is 0 Å². The molecule has 1 aromatic carbocycles. The predicted octanol–water partition coefficient (Wildman–Crippen LogP) is 2.89. The molecule has 3 heteroatoms.